The molecule has 1 aliphatic rings. The molecule has 1 atom stereocenters. The number of rotatable bonds is 10. The third kappa shape index (κ3) is 6.04. The Morgan fingerprint density at radius 3 is 2.46 bits per heavy atom. The van der Waals surface area contributed by atoms with Crippen molar-refractivity contribution in [2.75, 3.05) is 13.2 Å². The summed E-state index contributed by atoms with van der Waals surface area (Å²) in [5.74, 6) is 1.11. The summed E-state index contributed by atoms with van der Waals surface area (Å²) in [5.41, 5.74) is 8.42. The molecule has 4 rings (SSSR count). The Hall–Kier alpha value is -4.44. The van der Waals surface area contributed by atoms with E-state index in [1.54, 1.807) is 36.4 Å². The van der Waals surface area contributed by atoms with Gasteiger partial charge < -0.3 is 24.7 Å². The molecule has 3 aromatic carbocycles. The van der Waals surface area contributed by atoms with Crippen LogP contribution in [0.15, 0.2) is 78.2 Å². The van der Waals surface area contributed by atoms with Gasteiger partial charge in [-0.15, -0.1) is 0 Å². The van der Waals surface area contributed by atoms with Crippen LogP contribution in [-0.4, -0.2) is 19.2 Å². The second-order valence-electron chi connectivity index (χ2n) is 8.66. The second kappa shape index (κ2) is 12.0. The minimum Gasteiger partial charge on any atom is -0.494 e. The number of esters is 1. The summed E-state index contributed by atoms with van der Waals surface area (Å²) in [6.07, 6.45) is 2.85. The lowest BCUT2D eigenvalue weighted by atomic mass is 9.83. The van der Waals surface area contributed by atoms with Crippen LogP contribution in [0.3, 0.4) is 0 Å². The van der Waals surface area contributed by atoms with Gasteiger partial charge in [0.25, 0.3) is 0 Å². The summed E-state index contributed by atoms with van der Waals surface area (Å²) in [6.45, 7) is 5.31. The average Bonchev–Trinajstić information content (AvgIpc) is 2.91. The number of nitrogens with two attached hydrogens (primary N) is 1. The first-order chi connectivity index (χ1) is 18.0. The SMILES string of the molecule is CCCCOc1cccc(C(=O)Oc2ccc3c(c2)OC(N)=C(C#N)C3c2cccc(OCCC)c2)c1. The molecule has 190 valence electrons. The van der Waals surface area contributed by atoms with E-state index in [2.05, 4.69) is 13.0 Å². The Kier molecular flexibility index (Phi) is 8.32. The van der Waals surface area contributed by atoms with Crippen molar-refractivity contribution in [3.8, 4) is 29.1 Å². The molecule has 1 unspecified atom stereocenters. The maximum absolute atomic E-state index is 12.8. The third-order valence-electron chi connectivity index (χ3n) is 5.90. The number of allylic oxidation sites excluding steroid dienone is 1. The minimum atomic E-state index is -0.518. The molecule has 0 saturated carbocycles. The van der Waals surface area contributed by atoms with Gasteiger partial charge in [-0.25, -0.2) is 4.79 Å². The molecule has 0 saturated heterocycles. The summed E-state index contributed by atoms with van der Waals surface area (Å²) < 4.78 is 22.9. The van der Waals surface area contributed by atoms with Gasteiger partial charge in [0.1, 0.15) is 34.6 Å². The van der Waals surface area contributed by atoms with Crippen molar-refractivity contribution in [2.45, 2.75) is 39.0 Å². The van der Waals surface area contributed by atoms with Crippen LogP contribution in [0.2, 0.25) is 0 Å². The molecule has 0 radical (unpaired) electrons. The number of fused-ring (bicyclic) bond motifs is 1. The topological polar surface area (TPSA) is 104 Å². The van der Waals surface area contributed by atoms with Crippen LogP contribution < -0.4 is 24.7 Å². The molecule has 0 aromatic heterocycles. The van der Waals surface area contributed by atoms with Gasteiger partial charge in [-0.2, -0.15) is 5.26 Å². The molecule has 3 aromatic rings. The van der Waals surface area contributed by atoms with Gasteiger partial charge in [-0.1, -0.05) is 44.5 Å². The largest absolute Gasteiger partial charge is 0.494 e. The van der Waals surface area contributed by atoms with E-state index >= 15 is 0 Å². The molecule has 0 spiro atoms. The molecular formula is C30H30N2O5. The van der Waals surface area contributed by atoms with E-state index in [-0.39, 0.29) is 5.88 Å². The second-order valence-corrected chi connectivity index (χ2v) is 8.66. The number of nitriles is 1. The van der Waals surface area contributed by atoms with Crippen LogP contribution in [0.25, 0.3) is 0 Å². The van der Waals surface area contributed by atoms with Gasteiger partial charge in [-0.3, -0.25) is 0 Å². The zero-order valence-corrected chi connectivity index (χ0v) is 21.0. The molecule has 0 aliphatic carbocycles. The molecule has 37 heavy (non-hydrogen) atoms. The van der Waals surface area contributed by atoms with Crippen molar-refractivity contribution in [1.29, 1.82) is 5.26 Å². The van der Waals surface area contributed by atoms with Gasteiger partial charge in [0.15, 0.2) is 0 Å². The lowest BCUT2D eigenvalue weighted by Crippen LogP contribution is -2.21. The molecule has 0 bridgehead atoms. The van der Waals surface area contributed by atoms with Gasteiger partial charge in [0.05, 0.1) is 24.7 Å². The number of hydrogen-bond donors (Lipinski definition) is 1. The Morgan fingerprint density at radius 1 is 0.946 bits per heavy atom. The minimum absolute atomic E-state index is 0.0142. The van der Waals surface area contributed by atoms with Gasteiger partial charge in [-0.05, 0) is 54.8 Å². The highest BCUT2D eigenvalue weighted by molar-refractivity contribution is 5.91. The average molecular weight is 499 g/mol. The zero-order chi connectivity index (χ0) is 26.2. The van der Waals surface area contributed by atoms with Crippen LogP contribution in [0.1, 0.15) is 60.5 Å². The Morgan fingerprint density at radius 2 is 1.70 bits per heavy atom. The molecule has 1 heterocycles. The Bertz CT molecular complexity index is 1340. The maximum atomic E-state index is 12.8. The van der Waals surface area contributed by atoms with Gasteiger partial charge >= 0.3 is 5.97 Å². The molecule has 7 nitrogen and oxygen atoms in total. The van der Waals surface area contributed by atoms with Crippen LogP contribution in [0.4, 0.5) is 0 Å². The molecule has 0 amide bonds. The van der Waals surface area contributed by atoms with Crippen LogP contribution in [-0.2, 0) is 0 Å². The van der Waals surface area contributed by atoms with Crippen LogP contribution in [0, 0.1) is 11.3 Å². The quantitative estimate of drug-likeness (QED) is 0.205. The summed E-state index contributed by atoms with van der Waals surface area (Å²) in [6, 6.07) is 21.8. The smallest absolute Gasteiger partial charge is 0.343 e. The fourth-order valence-corrected chi connectivity index (χ4v) is 4.06. The van der Waals surface area contributed by atoms with E-state index in [0.29, 0.717) is 41.6 Å². The van der Waals surface area contributed by atoms with Crippen LogP contribution >= 0.6 is 0 Å². The Labute approximate surface area is 217 Å². The van der Waals surface area contributed by atoms with E-state index in [4.69, 9.17) is 24.7 Å². The summed E-state index contributed by atoms with van der Waals surface area (Å²) in [5, 5.41) is 9.84. The standard InChI is InChI=1S/C30H30N2O5/c1-3-5-15-35-23-11-7-9-21(17-23)30(33)36-24-12-13-25-27(18-24)37-29(32)26(19-31)28(25)20-8-6-10-22(16-20)34-14-4-2/h6-13,16-18,28H,3-5,14-15,32H2,1-2H3. The maximum Gasteiger partial charge on any atom is 0.343 e. The summed E-state index contributed by atoms with van der Waals surface area (Å²) >= 11 is 0. The summed E-state index contributed by atoms with van der Waals surface area (Å²) in [7, 11) is 0. The van der Waals surface area contributed by atoms with E-state index in [1.807, 2.05) is 37.3 Å². The van der Waals surface area contributed by atoms with Crippen molar-refractivity contribution in [1.82, 2.24) is 0 Å². The zero-order valence-electron chi connectivity index (χ0n) is 21.0. The predicted molar refractivity (Wildman–Crippen MR) is 140 cm³/mol. The number of benzene rings is 3. The van der Waals surface area contributed by atoms with Crippen molar-refractivity contribution < 1.29 is 23.7 Å². The lowest BCUT2D eigenvalue weighted by molar-refractivity contribution is 0.0734. The third-order valence-corrected chi connectivity index (χ3v) is 5.90. The monoisotopic (exact) mass is 498 g/mol. The molecular weight excluding hydrogens is 468 g/mol. The highest BCUT2D eigenvalue weighted by atomic mass is 16.5. The first kappa shape index (κ1) is 25.6. The number of carbonyl (C=O) groups is 1. The lowest BCUT2D eigenvalue weighted by Gasteiger charge is -2.27. The number of ether oxygens (including phenoxy) is 4. The highest BCUT2D eigenvalue weighted by Gasteiger charge is 2.31. The van der Waals surface area contributed by atoms with Gasteiger partial charge in [0.2, 0.25) is 5.88 Å². The van der Waals surface area contributed by atoms with E-state index in [1.165, 1.54) is 0 Å². The van der Waals surface area contributed by atoms with Crippen LogP contribution in [0.5, 0.6) is 23.0 Å². The molecule has 2 N–H and O–H groups in total. The fourth-order valence-electron chi connectivity index (χ4n) is 4.06. The van der Waals surface area contributed by atoms with E-state index in [9.17, 15) is 10.1 Å². The fraction of sp³-hybridized carbons (Fsp3) is 0.267. The van der Waals surface area contributed by atoms with E-state index < -0.39 is 11.9 Å². The predicted octanol–water partition coefficient (Wildman–Crippen LogP) is 6.09. The van der Waals surface area contributed by atoms with Crippen molar-refractivity contribution in [2.24, 2.45) is 5.73 Å². The normalized spacial score (nSPS) is 14.2. The first-order valence-electron chi connectivity index (χ1n) is 12.4. The first-order valence-corrected chi connectivity index (χ1v) is 12.4. The van der Waals surface area contributed by atoms with E-state index in [0.717, 1.165) is 36.1 Å². The highest BCUT2D eigenvalue weighted by Crippen LogP contribution is 2.44. The number of nitrogens with zero attached hydrogens (tertiary/aromatic N) is 1. The van der Waals surface area contributed by atoms with Crippen molar-refractivity contribution >= 4 is 5.97 Å². The molecule has 1 aliphatic heterocycles. The summed E-state index contributed by atoms with van der Waals surface area (Å²) in [4.78, 5) is 12.8. The van der Waals surface area contributed by atoms with Crippen molar-refractivity contribution in [3.63, 3.8) is 0 Å². The molecule has 7 heteroatoms. The number of unbranched alkanes of at least 4 members (excludes halogenated alkanes) is 1. The van der Waals surface area contributed by atoms with Gasteiger partial charge in [0, 0.05) is 11.6 Å². The number of hydrogen-bond acceptors (Lipinski definition) is 7. The molecule has 0 fully saturated rings. The Balaban J connectivity index is 1.58. The number of carbonyl (C=O) groups excluding carboxylic acids is 1. The van der Waals surface area contributed by atoms with Crippen molar-refractivity contribution in [3.05, 3.63) is 94.9 Å².